The van der Waals surface area contributed by atoms with Gasteiger partial charge in [-0.05, 0) is 30.3 Å². The quantitative estimate of drug-likeness (QED) is 0.843. The summed E-state index contributed by atoms with van der Waals surface area (Å²) in [6.07, 6.45) is 1.80. The van der Waals surface area contributed by atoms with Gasteiger partial charge in [0.25, 0.3) is 11.8 Å². The molecule has 24 heavy (non-hydrogen) atoms. The highest BCUT2D eigenvalue weighted by Gasteiger charge is 2.26. The van der Waals surface area contributed by atoms with Gasteiger partial charge in [0.15, 0.2) is 11.6 Å². The van der Waals surface area contributed by atoms with E-state index in [9.17, 15) is 18.4 Å². The Labute approximate surface area is 138 Å². The lowest BCUT2D eigenvalue weighted by Gasteiger charge is -2.34. The van der Waals surface area contributed by atoms with E-state index in [1.165, 1.54) is 6.07 Å². The zero-order valence-corrected chi connectivity index (χ0v) is 13.2. The summed E-state index contributed by atoms with van der Waals surface area (Å²) in [5.74, 6) is -2.47. The molecule has 0 aliphatic carbocycles. The molecular formula is C17H17F2N3O2. The van der Waals surface area contributed by atoms with Crippen LogP contribution in [0.25, 0.3) is 0 Å². The van der Waals surface area contributed by atoms with Crippen LogP contribution in [0.15, 0.2) is 36.5 Å². The van der Waals surface area contributed by atoms with Crippen LogP contribution < -0.4 is 0 Å². The van der Waals surface area contributed by atoms with Gasteiger partial charge in [0.2, 0.25) is 0 Å². The van der Waals surface area contributed by atoms with Gasteiger partial charge in [-0.25, -0.2) is 8.78 Å². The van der Waals surface area contributed by atoms with Crippen LogP contribution in [0.5, 0.6) is 0 Å². The van der Waals surface area contributed by atoms with Gasteiger partial charge >= 0.3 is 0 Å². The SMILES string of the molecule is Cn1cccc1C(=O)N1CCN(C(=O)c2ccc(F)c(F)c2)CC1. The average Bonchev–Trinajstić information content (AvgIpc) is 3.02. The number of carbonyl (C=O) groups excluding carboxylic acids is 2. The largest absolute Gasteiger partial charge is 0.347 e. The van der Waals surface area contributed by atoms with Crippen molar-refractivity contribution in [2.75, 3.05) is 26.2 Å². The number of amides is 2. The summed E-state index contributed by atoms with van der Waals surface area (Å²) in [6.45, 7) is 1.51. The van der Waals surface area contributed by atoms with E-state index in [4.69, 9.17) is 0 Å². The van der Waals surface area contributed by atoms with Crippen molar-refractivity contribution in [2.24, 2.45) is 7.05 Å². The summed E-state index contributed by atoms with van der Waals surface area (Å²) in [7, 11) is 1.80. The fraction of sp³-hybridized carbons (Fsp3) is 0.294. The molecule has 0 bridgehead atoms. The molecule has 0 saturated carbocycles. The van der Waals surface area contributed by atoms with Crippen molar-refractivity contribution in [3.63, 3.8) is 0 Å². The Hall–Kier alpha value is -2.70. The minimum atomic E-state index is -1.04. The van der Waals surface area contributed by atoms with E-state index in [1.807, 2.05) is 0 Å². The van der Waals surface area contributed by atoms with Gasteiger partial charge in [-0.3, -0.25) is 9.59 Å². The van der Waals surface area contributed by atoms with Crippen LogP contribution in [0, 0.1) is 11.6 Å². The van der Waals surface area contributed by atoms with Crippen LogP contribution in [-0.2, 0) is 7.05 Å². The number of piperazine rings is 1. The van der Waals surface area contributed by atoms with E-state index in [0.717, 1.165) is 12.1 Å². The molecule has 0 unspecified atom stereocenters. The smallest absolute Gasteiger partial charge is 0.270 e. The number of aryl methyl sites for hydroxylation is 1. The Morgan fingerprint density at radius 2 is 1.54 bits per heavy atom. The molecule has 2 amide bonds. The van der Waals surface area contributed by atoms with Gasteiger partial charge in [-0.1, -0.05) is 0 Å². The molecule has 0 N–H and O–H groups in total. The lowest BCUT2D eigenvalue weighted by atomic mass is 10.1. The van der Waals surface area contributed by atoms with Crippen molar-refractivity contribution < 1.29 is 18.4 Å². The number of rotatable bonds is 2. The van der Waals surface area contributed by atoms with Crippen LogP contribution >= 0.6 is 0 Å². The van der Waals surface area contributed by atoms with Crippen molar-refractivity contribution >= 4 is 11.8 Å². The van der Waals surface area contributed by atoms with Crippen molar-refractivity contribution in [2.45, 2.75) is 0 Å². The third-order valence-electron chi connectivity index (χ3n) is 4.18. The summed E-state index contributed by atoms with van der Waals surface area (Å²) in [4.78, 5) is 28.0. The summed E-state index contributed by atoms with van der Waals surface area (Å²) in [5, 5.41) is 0. The molecule has 1 aliphatic heterocycles. The number of hydrogen-bond acceptors (Lipinski definition) is 2. The second-order valence-electron chi connectivity index (χ2n) is 5.72. The van der Waals surface area contributed by atoms with Gasteiger partial charge in [0, 0.05) is 45.0 Å². The average molecular weight is 333 g/mol. The first-order chi connectivity index (χ1) is 11.5. The Morgan fingerprint density at radius 3 is 2.08 bits per heavy atom. The Morgan fingerprint density at radius 1 is 0.917 bits per heavy atom. The molecule has 0 atom stereocenters. The van der Waals surface area contributed by atoms with Gasteiger partial charge in [0.05, 0.1) is 0 Å². The Balaban J connectivity index is 1.64. The lowest BCUT2D eigenvalue weighted by molar-refractivity contribution is 0.0530. The molecule has 3 rings (SSSR count). The normalized spacial score (nSPS) is 14.8. The molecule has 1 aliphatic rings. The third-order valence-corrected chi connectivity index (χ3v) is 4.18. The number of benzene rings is 1. The molecule has 1 aromatic heterocycles. The first kappa shape index (κ1) is 16.2. The van der Waals surface area contributed by atoms with Gasteiger partial charge < -0.3 is 14.4 Å². The van der Waals surface area contributed by atoms with Crippen LogP contribution in [0.2, 0.25) is 0 Å². The van der Waals surface area contributed by atoms with E-state index >= 15 is 0 Å². The summed E-state index contributed by atoms with van der Waals surface area (Å²) < 4.78 is 28.0. The van der Waals surface area contributed by atoms with Crippen LogP contribution in [0.1, 0.15) is 20.8 Å². The van der Waals surface area contributed by atoms with E-state index in [2.05, 4.69) is 0 Å². The van der Waals surface area contributed by atoms with E-state index in [1.54, 1.807) is 39.7 Å². The number of aromatic nitrogens is 1. The highest BCUT2D eigenvalue weighted by atomic mass is 19.2. The Kier molecular flexibility index (Phi) is 4.33. The summed E-state index contributed by atoms with van der Waals surface area (Å²) in [5.41, 5.74) is 0.700. The van der Waals surface area contributed by atoms with Crippen LogP contribution in [-0.4, -0.2) is 52.4 Å². The predicted molar refractivity (Wildman–Crippen MR) is 83.6 cm³/mol. The van der Waals surface area contributed by atoms with Crippen molar-refractivity contribution in [3.05, 3.63) is 59.4 Å². The van der Waals surface area contributed by atoms with Gasteiger partial charge in [0.1, 0.15) is 5.69 Å². The second kappa shape index (κ2) is 6.43. The first-order valence-corrected chi connectivity index (χ1v) is 7.62. The monoisotopic (exact) mass is 333 g/mol. The summed E-state index contributed by atoms with van der Waals surface area (Å²) in [6, 6.07) is 6.66. The fourth-order valence-corrected chi connectivity index (χ4v) is 2.77. The third kappa shape index (κ3) is 3.02. The Bertz CT molecular complexity index is 780. The molecular weight excluding hydrogens is 316 g/mol. The molecule has 0 spiro atoms. The number of halogens is 2. The lowest BCUT2D eigenvalue weighted by Crippen LogP contribution is -2.50. The van der Waals surface area contributed by atoms with Gasteiger partial charge in [-0.15, -0.1) is 0 Å². The number of hydrogen-bond donors (Lipinski definition) is 0. The molecule has 2 aromatic rings. The maximum atomic E-state index is 13.3. The van der Waals surface area contributed by atoms with E-state index in [0.29, 0.717) is 31.9 Å². The van der Waals surface area contributed by atoms with Crippen LogP contribution in [0.3, 0.4) is 0 Å². The zero-order chi connectivity index (χ0) is 17.3. The molecule has 1 saturated heterocycles. The number of carbonyl (C=O) groups is 2. The molecule has 5 nitrogen and oxygen atoms in total. The molecule has 2 heterocycles. The highest BCUT2D eigenvalue weighted by molar-refractivity contribution is 5.95. The predicted octanol–water partition coefficient (Wildman–Crippen LogP) is 1.90. The fourth-order valence-electron chi connectivity index (χ4n) is 2.77. The molecule has 7 heteroatoms. The van der Waals surface area contributed by atoms with Crippen LogP contribution in [0.4, 0.5) is 8.78 Å². The molecule has 0 radical (unpaired) electrons. The summed E-state index contributed by atoms with van der Waals surface area (Å²) >= 11 is 0. The minimum absolute atomic E-state index is 0.0811. The van der Waals surface area contributed by atoms with Crippen molar-refractivity contribution in [1.29, 1.82) is 0 Å². The topological polar surface area (TPSA) is 45.6 Å². The minimum Gasteiger partial charge on any atom is -0.347 e. The highest BCUT2D eigenvalue weighted by Crippen LogP contribution is 2.14. The van der Waals surface area contributed by atoms with E-state index in [-0.39, 0.29) is 17.4 Å². The van der Waals surface area contributed by atoms with Crippen molar-refractivity contribution in [1.82, 2.24) is 14.4 Å². The second-order valence-corrected chi connectivity index (χ2v) is 5.72. The molecule has 126 valence electrons. The first-order valence-electron chi connectivity index (χ1n) is 7.62. The van der Waals surface area contributed by atoms with E-state index < -0.39 is 11.6 Å². The molecule has 1 fully saturated rings. The molecule has 1 aromatic carbocycles. The maximum absolute atomic E-state index is 13.3. The van der Waals surface area contributed by atoms with Crippen molar-refractivity contribution in [3.8, 4) is 0 Å². The zero-order valence-electron chi connectivity index (χ0n) is 13.2. The number of nitrogens with zero attached hydrogens (tertiary/aromatic N) is 3. The van der Waals surface area contributed by atoms with Gasteiger partial charge in [-0.2, -0.15) is 0 Å². The standard InChI is InChI=1S/C17H17F2N3O2/c1-20-6-2-3-15(20)17(24)22-9-7-21(8-10-22)16(23)12-4-5-13(18)14(19)11-12/h2-6,11H,7-10H2,1H3. The maximum Gasteiger partial charge on any atom is 0.270 e.